The minimum atomic E-state index is -3.38. The van der Waals surface area contributed by atoms with Gasteiger partial charge in [-0.2, -0.15) is 5.26 Å². The fraction of sp³-hybridized carbons (Fsp3) is 0.889. The van der Waals surface area contributed by atoms with Gasteiger partial charge >= 0.3 is 0 Å². The lowest BCUT2D eigenvalue weighted by Gasteiger charge is -2.23. The van der Waals surface area contributed by atoms with Gasteiger partial charge in [-0.05, 0) is 24.7 Å². The Labute approximate surface area is 84.5 Å². The summed E-state index contributed by atoms with van der Waals surface area (Å²) in [6, 6.07) is 1.93. The molecule has 0 aromatic heterocycles. The highest BCUT2D eigenvalue weighted by molar-refractivity contribution is 7.92. The highest BCUT2D eigenvalue weighted by Gasteiger charge is 2.52. The first-order valence-electron chi connectivity index (χ1n) is 4.59. The number of nitrogens with zero attached hydrogens (tertiary/aromatic N) is 1. The molecule has 5 heteroatoms. The summed E-state index contributed by atoms with van der Waals surface area (Å²) in [4.78, 5) is 0. The summed E-state index contributed by atoms with van der Waals surface area (Å²) in [5, 5.41) is 18.0. The normalized spacial score (nSPS) is 38.1. The average molecular weight is 217 g/mol. The van der Waals surface area contributed by atoms with Crippen LogP contribution in [0.5, 0.6) is 0 Å². The molecule has 80 valence electrons. The van der Waals surface area contributed by atoms with E-state index in [9.17, 15) is 8.42 Å². The molecular formula is C9H15NO3S. The van der Waals surface area contributed by atoms with E-state index in [2.05, 4.69) is 0 Å². The molecular weight excluding hydrogens is 202 g/mol. The minimum Gasteiger partial charge on any atom is -0.396 e. The third kappa shape index (κ3) is 1.53. The molecule has 1 rings (SSSR count). The second kappa shape index (κ2) is 3.52. The molecule has 0 aliphatic heterocycles. The van der Waals surface area contributed by atoms with Crippen LogP contribution in [0.15, 0.2) is 0 Å². The van der Waals surface area contributed by atoms with E-state index in [1.807, 2.05) is 6.07 Å². The molecule has 1 fully saturated rings. The maximum absolute atomic E-state index is 11.6. The van der Waals surface area contributed by atoms with Crippen molar-refractivity contribution in [2.75, 3.05) is 12.9 Å². The molecule has 0 aromatic rings. The molecule has 0 heterocycles. The molecule has 3 unspecified atom stereocenters. The predicted octanol–water partition coefficient (Wildman–Crippen LogP) is 0.332. The number of sulfone groups is 1. The lowest BCUT2D eigenvalue weighted by molar-refractivity contribution is 0.226. The Hall–Kier alpha value is -0.600. The molecule has 1 saturated carbocycles. The van der Waals surface area contributed by atoms with Crippen LogP contribution >= 0.6 is 0 Å². The highest BCUT2D eigenvalue weighted by atomic mass is 32.2. The van der Waals surface area contributed by atoms with Gasteiger partial charge in [-0.15, -0.1) is 0 Å². The summed E-state index contributed by atoms with van der Waals surface area (Å²) >= 11 is 0. The van der Waals surface area contributed by atoms with Gasteiger partial charge in [0.25, 0.3) is 0 Å². The Morgan fingerprint density at radius 1 is 1.64 bits per heavy atom. The summed E-state index contributed by atoms with van der Waals surface area (Å²) < 4.78 is 21.8. The van der Waals surface area contributed by atoms with Crippen LogP contribution in [0.3, 0.4) is 0 Å². The molecule has 4 nitrogen and oxygen atoms in total. The maximum atomic E-state index is 11.6. The number of aliphatic hydroxyl groups excluding tert-OH is 1. The van der Waals surface area contributed by atoms with E-state index in [4.69, 9.17) is 10.4 Å². The van der Waals surface area contributed by atoms with Gasteiger partial charge in [0, 0.05) is 12.9 Å². The van der Waals surface area contributed by atoms with Gasteiger partial charge in [0.15, 0.2) is 14.6 Å². The number of hydrogen-bond acceptors (Lipinski definition) is 4. The van der Waals surface area contributed by atoms with Crippen molar-refractivity contribution >= 4 is 9.84 Å². The quantitative estimate of drug-likeness (QED) is 0.723. The van der Waals surface area contributed by atoms with E-state index in [0.29, 0.717) is 6.42 Å². The lowest BCUT2D eigenvalue weighted by Crippen LogP contribution is -2.39. The Balaban J connectivity index is 3.11. The zero-order valence-corrected chi connectivity index (χ0v) is 9.21. The maximum Gasteiger partial charge on any atom is 0.166 e. The van der Waals surface area contributed by atoms with Gasteiger partial charge in [-0.3, -0.25) is 0 Å². The zero-order chi connectivity index (χ0) is 11.0. The van der Waals surface area contributed by atoms with Gasteiger partial charge in [0.1, 0.15) is 0 Å². The Morgan fingerprint density at radius 2 is 2.21 bits per heavy atom. The smallest absolute Gasteiger partial charge is 0.166 e. The van der Waals surface area contributed by atoms with Crippen LogP contribution in [-0.4, -0.2) is 31.1 Å². The third-order valence-corrected chi connectivity index (χ3v) is 5.17. The first-order chi connectivity index (χ1) is 6.37. The fourth-order valence-corrected chi connectivity index (χ4v) is 3.83. The summed E-state index contributed by atoms with van der Waals surface area (Å²) in [6.45, 7) is 1.73. The van der Waals surface area contributed by atoms with Crippen molar-refractivity contribution in [1.82, 2.24) is 0 Å². The van der Waals surface area contributed by atoms with Crippen molar-refractivity contribution in [3.8, 4) is 6.07 Å². The number of aliphatic hydroxyl groups is 1. The topological polar surface area (TPSA) is 78.2 Å². The molecule has 0 radical (unpaired) electrons. The van der Waals surface area contributed by atoms with Crippen LogP contribution in [0.2, 0.25) is 0 Å². The van der Waals surface area contributed by atoms with E-state index in [1.54, 1.807) is 6.92 Å². The molecule has 1 aliphatic rings. The largest absolute Gasteiger partial charge is 0.396 e. The average Bonchev–Trinajstić information content (AvgIpc) is 2.42. The molecule has 0 bridgehead atoms. The van der Waals surface area contributed by atoms with Crippen LogP contribution < -0.4 is 0 Å². The molecule has 1 N–H and O–H groups in total. The SMILES string of the molecule is CC1CC(CO)CC1(C#N)S(C)(=O)=O. The van der Waals surface area contributed by atoms with Gasteiger partial charge < -0.3 is 5.11 Å². The fourth-order valence-electron chi connectivity index (χ4n) is 2.30. The molecule has 1 aliphatic carbocycles. The van der Waals surface area contributed by atoms with Crippen LogP contribution in [0.25, 0.3) is 0 Å². The summed E-state index contributed by atoms with van der Waals surface area (Å²) in [6.07, 6.45) is 1.98. The molecule has 0 saturated heterocycles. The van der Waals surface area contributed by atoms with E-state index >= 15 is 0 Å². The van der Waals surface area contributed by atoms with Crippen LogP contribution in [0.1, 0.15) is 19.8 Å². The first kappa shape index (κ1) is 11.5. The van der Waals surface area contributed by atoms with Gasteiger partial charge in [0.2, 0.25) is 0 Å². The minimum absolute atomic E-state index is 0.0384. The molecule has 0 aromatic carbocycles. The summed E-state index contributed by atoms with van der Waals surface area (Å²) in [7, 11) is -3.38. The van der Waals surface area contributed by atoms with E-state index in [-0.39, 0.29) is 24.9 Å². The number of nitriles is 1. The van der Waals surface area contributed by atoms with E-state index < -0.39 is 14.6 Å². The monoisotopic (exact) mass is 217 g/mol. The molecule has 14 heavy (non-hydrogen) atoms. The standard InChI is InChI=1S/C9H15NO3S/c1-7-3-8(5-11)4-9(7,6-10)14(2,12)13/h7-8,11H,3-5H2,1-2H3. The Kier molecular flexibility index (Phi) is 2.88. The second-order valence-electron chi connectivity index (χ2n) is 4.16. The van der Waals surface area contributed by atoms with E-state index in [0.717, 1.165) is 6.26 Å². The van der Waals surface area contributed by atoms with Gasteiger partial charge in [0.05, 0.1) is 6.07 Å². The number of rotatable bonds is 2. The van der Waals surface area contributed by atoms with Gasteiger partial charge in [-0.1, -0.05) is 6.92 Å². The van der Waals surface area contributed by atoms with Crippen molar-refractivity contribution < 1.29 is 13.5 Å². The Morgan fingerprint density at radius 3 is 2.43 bits per heavy atom. The summed E-state index contributed by atoms with van der Waals surface area (Å²) in [5.41, 5.74) is 0. The van der Waals surface area contributed by atoms with Crippen LogP contribution in [0.4, 0.5) is 0 Å². The van der Waals surface area contributed by atoms with Crippen molar-refractivity contribution in [2.24, 2.45) is 11.8 Å². The second-order valence-corrected chi connectivity index (χ2v) is 6.44. The summed E-state index contributed by atoms with van der Waals surface area (Å²) in [5.74, 6) is -0.251. The Bertz CT molecular complexity index is 357. The number of hydrogen-bond donors (Lipinski definition) is 1. The predicted molar refractivity (Wildman–Crippen MR) is 52.2 cm³/mol. The molecule has 3 atom stereocenters. The van der Waals surface area contributed by atoms with Crippen molar-refractivity contribution in [2.45, 2.75) is 24.5 Å². The third-order valence-electron chi connectivity index (χ3n) is 3.18. The molecule has 0 spiro atoms. The van der Waals surface area contributed by atoms with Crippen LogP contribution in [0, 0.1) is 23.2 Å². The van der Waals surface area contributed by atoms with Gasteiger partial charge in [-0.25, -0.2) is 8.42 Å². The lowest BCUT2D eigenvalue weighted by atomic mass is 9.99. The molecule has 0 amide bonds. The van der Waals surface area contributed by atoms with Crippen molar-refractivity contribution in [1.29, 1.82) is 5.26 Å². The van der Waals surface area contributed by atoms with Crippen LogP contribution in [-0.2, 0) is 9.84 Å². The highest BCUT2D eigenvalue weighted by Crippen LogP contribution is 2.44. The zero-order valence-electron chi connectivity index (χ0n) is 8.40. The first-order valence-corrected chi connectivity index (χ1v) is 6.48. The van der Waals surface area contributed by atoms with E-state index in [1.165, 1.54) is 0 Å². The van der Waals surface area contributed by atoms with Crippen molar-refractivity contribution in [3.63, 3.8) is 0 Å². The van der Waals surface area contributed by atoms with Crippen molar-refractivity contribution in [3.05, 3.63) is 0 Å².